The minimum atomic E-state index is -3.25. The van der Waals surface area contributed by atoms with Crippen molar-refractivity contribution >= 4 is 44.3 Å². The lowest BCUT2D eigenvalue weighted by molar-refractivity contribution is 0.102. The van der Waals surface area contributed by atoms with E-state index in [9.17, 15) is 22.7 Å². The average Bonchev–Trinajstić information content (AvgIpc) is 3.20. The Bertz CT molecular complexity index is 1490. The number of nitrogens with zero attached hydrogens (tertiary/aromatic N) is 1. The van der Waals surface area contributed by atoms with Crippen molar-refractivity contribution in [2.24, 2.45) is 0 Å². The van der Waals surface area contributed by atoms with Crippen molar-refractivity contribution in [3.05, 3.63) is 76.6 Å². The number of anilines is 1. The monoisotopic (exact) mass is 502 g/mol. The van der Waals surface area contributed by atoms with Crippen LogP contribution in [0.1, 0.15) is 15.9 Å². The van der Waals surface area contributed by atoms with Crippen molar-refractivity contribution in [2.45, 2.75) is 6.42 Å². The number of rotatable bonds is 7. The number of carbonyl (C=O) groups is 1. The van der Waals surface area contributed by atoms with E-state index < -0.39 is 21.7 Å². The van der Waals surface area contributed by atoms with Crippen LogP contribution in [0.3, 0.4) is 0 Å². The smallest absolute Gasteiger partial charge is 0.257 e. The van der Waals surface area contributed by atoms with Crippen LogP contribution in [0.15, 0.2) is 54.6 Å². The molecule has 0 aliphatic carbocycles. The molecule has 0 fully saturated rings. The first-order chi connectivity index (χ1) is 16.1. The lowest BCUT2D eigenvalue weighted by Crippen LogP contribution is -2.24. The second kappa shape index (κ2) is 9.41. The van der Waals surface area contributed by atoms with Crippen molar-refractivity contribution in [2.75, 3.05) is 18.1 Å². The molecule has 0 aliphatic rings. The van der Waals surface area contributed by atoms with Crippen LogP contribution in [0.25, 0.3) is 22.4 Å². The number of halogens is 2. The first-order valence-electron chi connectivity index (χ1n) is 10.1. The predicted molar refractivity (Wildman–Crippen MR) is 129 cm³/mol. The summed E-state index contributed by atoms with van der Waals surface area (Å²) in [7, 11) is -3.25. The highest BCUT2D eigenvalue weighted by Crippen LogP contribution is 2.32. The number of carbonyl (C=O) groups excluding carboxylic acids is 1. The summed E-state index contributed by atoms with van der Waals surface area (Å²) in [4.78, 5) is 20.3. The molecule has 0 bridgehead atoms. The maximum absolute atomic E-state index is 13.4. The number of imidazole rings is 1. The van der Waals surface area contributed by atoms with Gasteiger partial charge in [0, 0.05) is 17.8 Å². The maximum atomic E-state index is 13.4. The number of aromatic nitrogens is 2. The number of sulfonamides is 1. The Morgan fingerprint density at radius 3 is 2.56 bits per heavy atom. The molecule has 0 radical (unpaired) electrons. The van der Waals surface area contributed by atoms with Gasteiger partial charge in [0.2, 0.25) is 10.0 Å². The van der Waals surface area contributed by atoms with Crippen molar-refractivity contribution < 1.29 is 22.7 Å². The summed E-state index contributed by atoms with van der Waals surface area (Å²) in [6, 6.07) is 13.7. The zero-order valence-electron chi connectivity index (χ0n) is 17.9. The number of amides is 1. The molecule has 0 saturated carbocycles. The minimum Gasteiger partial charge on any atom is -0.506 e. The second-order valence-corrected chi connectivity index (χ2v) is 9.87. The Morgan fingerprint density at radius 2 is 1.88 bits per heavy atom. The molecule has 1 heterocycles. The Kier molecular flexibility index (Phi) is 6.56. The van der Waals surface area contributed by atoms with Crippen molar-refractivity contribution in [1.29, 1.82) is 0 Å². The second-order valence-electron chi connectivity index (χ2n) is 7.63. The zero-order valence-corrected chi connectivity index (χ0v) is 19.5. The molecular weight excluding hydrogens is 483 g/mol. The number of hydrogen-bond acceptors (Lipinski definition) is 5. The van der Waals surface area contributed by atoms with Gasteiger partial charge in [0.15, 0.2) is 0 Å². The summed E-state index contributed by atoms with van der Waals surface area (Å²) < 4.78 is 38.1. The molecule has 4 N–H and O–H groups in total. The van der Waals surface area contributed by atoms with E-state index in [0.717, 1.165) is 17.9 Å². The molecule has 0 aliphatic heterocycles. The van der Waals surface area contributed by atoms with E-state index in [1.165, 1.54) is 24.3 Å². The minimum absolute atomic E-state index is 0.101. The first-order valence-corrected chi connectivity index (χ1v) is 12.4. The standard InChI is InChI=1S/C23H20ClFN4O4S/c1-34(32,33)26-11-10-13-2-5-15(6-3-13)27-23(31)17-8-9-19(30)21-20(17)28-22(29-21)16-7-4-14(25)12-18(16)24/h2-9,12,26,30H,10-11H2,1H3,(H,27,31)(H,28,29). The van der Waals surface area contributed by atoms with Gasteiger partial charge in [-0.3, -0.25) is 4.79 Å². The summed E-state index contributed by atoms with van der Waals surface area (Å²) in [5.74, 6) is -0.761. The van der Waals surface area contributed by atoms with E-state index in [1.54, 1.807) is 24.3 Å². The van der Waals surface area contributed by atoms with Gasteiger partial charge in [-0.05, 0) is 54.4 Å². The van der Waals surface area contributed by atoms with Crippen LogP contribution in [-0.2, 0) is 16.4 Å². The number of nitrogens with one attached hydrogen (secondary N) is 3. The highest BCUT2D eigenvalue weighted by atomic mass is 35.5. The number of hydrogen-bond donors (Lipinski definition) is 4. The largest absolute Gasteiger partial charge is 0.506 e. The Morgan fingerprint density at radius 1 is 1.15 bits per heavy atom. The molecule has 176 valence electrons. The van der Waals surface area contributed by atoms with Gasteiger partial charge in [-0.2, -0.15) is 0 Å². The number of H-pyrrole nitrogens is 1. The van der Waals surface area contributed by atoms with E-state index in [1.807, 2.05) is 0 Å². The molecule has 0 spiro atoms. The third-order valence-electron chi connectivity index (χ3n) is 5.04. The van der Waals surface area contributed by atoms with Gasteiger partial charge in [0.25, 0.3) is 5.91 Å². The molecule has 3 aromatic carbocycles. The summed E-state index contributed by atoms with van der Waals surface area (Å²) in [5, 5.41) is 13.2. The summed E-state index contributed by atoms with van der Waals surface area (Å²) >= 11 is 6.13. The zero-order chi connectivity index (χ0) is 24.5. The van der Waals surface area contributed by atoms with E-state index in [2.05, 4.69) is 20.0 Å². The van der Waals surface area contributed by atoms with Crippen molar-refractivity contribution in [3.8, 4) is 17.1 Å². The van der Waals surface area contributed by atoms with Crippen LogP contribution in [0.4, 0.5) is 10.1 Å². The lowest BCUT2D eigenvalue weighted by Gasteiger charge is -2.08. The van der Waals surface area contributed by atoms with Gasteiger partial charge < -0.3 is 15.4 Å². The fourth-order valence-electron chi connectivity index (χ4n) is 3.40. The van der Waals surface area contributed by atoms with Crippen molar-refractivity contribution in [1.82, 2.24) is 14.7 Å². The van der Waals surface area contributed by atoms with Crippen LogP contribution < -0.4 is 10.0 Å². The molecular formula is C23H20ClFN4O4S. The molecule has 4 aromatic rings. The van der Waals surface area contributed by atoms with Crippen LogP contribution in [-0.4, -0.2) is 42.2 Å². The van der Waals surface area contributed by atoms with Crippen LogP contribution in [0, 0.1) is 5.82 Å². The molecule has 8 nitrogen and oxygen atoms in total. The SMILES string of the molecule is CS(=O)(=O)NCCc1ccc(NC(=O)c2ccc(O)c3[nH]c(-c4ccc(F)cc4Cl)nc23)cc1. The normalized spacial score (nSPS) is 11.6. The third kappa shape index (κ3) is 5.36. The van der Waals surface area contributed by atoms with Gasteiger partial charge in [-0.1, -0.05) is 23.7 Å². The summed E-state index contributed by atoms with van der Waals surface area (Å²) in [6.45, 7) is 0.273. The van der Waals surface area contributed by atoms with E-state index in [4.69, 9.17) is 11.6 Å². The quantitative estimate of drug-likeness (QED) is 0.303. The Balaban J connectivity index is 1.56. The summed E-state index contributed by atoms with van der Waals surface area (Å²) in [6.07, 6.45) is 1.60. The number of aromatic amines is 1. The fraction of sp³-hybridized carbons (Fsp3) is 0.130. The highest BCUT2D eigenvalue weighted by Gasteiger charge is 2.19. The summed E-state index contributed by atoms with van der Waals surface area (Å²) in [5.41, 5.74) is 2.55. The van der Waals surface area contributed by atoms with Gasteiger partial charge in [0.05, 0.1) is 16.8 Å². The highest BCUT2D eigenvalue weighted by molar-refractivity contribution is 7.88. The lowest BCUT2D eigenvalue weighted by atomic mass is 10.1. The molecule has 11 heteroatoms. The topological polar surface area (TPSA) is 124 Å². The van der Waals surface area contributed by atoms with Gasteiger partial charge in [-0.25, -0.2) is 22.5 Å². The van der Waals surface area contributed by atoms with E-state index in [-0.39, 0.29) is 39.7 Å². The van der Waals surface area contributed by atoms with E-state index in [0.29, 0.717) is 17.7 Å². The number of phenolic OH excluding ortho intramolecular Hbond substituents is 1. The maximum Gasteiger partial charge on any atom is 0.257 e. The van der Waals surface area contributed by atoms with Gasteiger partial charge in [-0.15, -0.1) is 0 Å². The average molecular weight is 503 g/mol. The van der Waals surface area contributed by atoms with Gasteiger partial charge >= 0.3 is 0 Å². The predicted octanol–water partition coefficient (Wildman–Crippen LogP) is 4.07. The molecule has 0 saturated heterocycles. The molecule has 1 aromatic heterocycles. The molecule has 4 rings (SSSR count). The molecule has 0 atom stereocenters. The number of aromatic hydroxyl groups is 1. The van der Waals surface area contributed by atoms with Gasteiger partial charge in [0.1, 0.15) is 28.4 Å². The molecule has 0 unspecified atom stereocenters. The molecule has 1 amide bonds. The Hall–Kier alpha value is -3.47. The third-order valence-corrected chi connectivity index (χ3v) is 6.08. The fourth-order valence-corrected chi connectivity index (χ4v) is 4.13. The van der Waals surface area contributed by atoms with Crippen LogP contribution >= 0.6 is 11.6 Å². The number of phenols is 1. The Labute approximate surface area is 199 Å². The number of fused-ring (bicyclic) bond motifs is 1. The van der Waals surface area contributed by atoms with Crippen molar-refractivity contribution in [3.63, 3.8) is 0 Å². The number of benzene rings is 3. The van der Waals surface area contributed by atoms with E-state index >= 15 is 0 Å². The first kappa shape index (κ1) is 23.7. The van der Waals surface area contributed by atoms with Crippen LogP contribution in [0.5, 0.6) is 5.75 Å². The molecule has 34 heavy (non-hydrogen) atoms. The van der Waals surface area contributed by atoms with Crippen LogP contribution in [0.2, 0.25) is 5.02 Å².